The molecular formula is C13H13N3OS. The van der Waals surface area contributed by atoms with Gasteiger partial charge in [0.15, 0.2) is 0 Å². The van der Waals surface area contributed by atoms with E-state index in [4.69, 9.17) is 0 Å². The van der Waals surface area contributed by atoms with Gasteiger partial charge in [-0.15, -0.1) is 0 Å². The minimum Gasteiger partial charge on any atom is -0.272 e. The highest BCUT2D eigenvalue weighted by Crippen LogP contribution is 2.31. The Hall–Kier alpha value is -1.75. The van der Waals surface area contributed by atoms with Gasteiger partial charge in [-0.1, -0.05) is 36.8 Å². The van der Waals surface area contributed by atoms with Crippen LogP contribution in [-0.4, -0.2) is 16.6 Å². The van der Waals surface area contributed by atoms with Crippen LogP contribution in [0.1, 0.15) is 26.2 Å². The van der Waals surface area contributed by atoms with E-state index in [1.54, 1.807) is 0 Å². The fourth-order valence-corrected chi connectivity index (χ4v) is 2.94. The molecule has 2 heterocycles. The molecule has 92 valence electrons. The molecule has 1 aromatic heterocycles. The standard InChI is InChI=1S/C13H13N3OS/c1-2-5-9-8-12(17)16(15-9)13-14-10-6-3-4-7-11(10)18-13/h3-4,6-7H,2,5,8H2,1H3. The number of para-hydroxylation sites is 1. The third-order valence-corrected chi connectivity index (χ3v) is 3.85. The van der Waals surface area contributed by atoms with Gasteiger partial charge in [-0.3, -0.25) is 4.79 Å². The summed E-state index contributed by atoms with van der Waals surface area (Å²) in [6, 6.07) is 7.88. The number of aromatic nitrogens is 1. The fraction of sp³-hybridized carbons (Fsp3) is 0.308. The molecule has 1 amide bonds. The topological polar surface area (TPSA) is 45.6 Å². The number of anilines is 1. The van der Waals surface area contributed by atoms with Crippen LogP contribution in [0.2, 0.25) is 0 Å². The molecule has 2 aromatic rings. The van der Waals surface area contributed by atoms with E-state index >= 15 is 0 Å². The Balaban J connectivity index is 1.96. The molecule has 0 aliphatic carbocycles. The molecule has 1 aliphatic heterocycles. The van der Waals surface area contributed by atoms with Crippen LogP contribution in [0.5, 0.6) is 0 Å². The predicted octanol–water partition coefficient (Wildman–Crippen LogP) is 3.19. The first kappa shape index (κ1) is 11.3. The second kappa shape index (κ2) is 4.49. The van der Waals surface area contributed by atoms with E-state index in [0.29, 0.717) is 11.6 Å². The predicted molar refractivity (Wildman–Crippen MR) is 74.1 cm³/mol. The highest BCUT2D eigenvalue weighted by atomic mass is 32.1. The minimum atomic E-state index is 0.0255. The van der Waals surface area contributed by atoms with Gasteiger partial charge in [0, 0.05) is 5.71 Å². The van der Waals surface area contributed by atoms with Gasteiger partial charge in [0.25, 0.3) is 5.91 Å². The van der Waals surface area contributed by atoms with E-state index in [1.165, 1.54) is 16.3 Å². The smallest absolute Gasteiger partial charge is 0.255 e. The highest BCUT2D eigenvalue weighted by Gasteiger charge is 2.26. The number of rotatable bonds is 3. The molecule has 0 N–H and O–H groups in total. The van der Waals surface area contributed by atoms with Crippen molar-refractivity contribution in [3.8, 4) is 0 Å². The molecule has 0 atom stereocenters. The normalized spacial score (nSPS) is 15.5. The minimum absolute atomic E-state index is 0.0255. The molecule has 0 fully saturated rings. The fourth-order valence-electron chi connectivity index (χ4n) is 2.01. The number of hydrogen-bond acceptors (Lipinski definition) is 4. The molecule has 0 saturated heterocycles. The summed E-state index contributed by atoms with van der Waals surface area (Å²) in [5.74, 6) is 0.0255. The van der Waals surface area contributed by atoms with Crippen molar-refractivity contribution in [2.24, 2.45) is 5.10 Å². The number of amides is 1. The molecule has 1 aromatic carbocycles. The third-order valence-electron chi connectivity index (χ3n) is 2.84. The zero-order valence-corrected chi connectivity index (χ0v) is 10.9. The first-order valence-corrected chi connectivity index (χ1v) is 6.84. The lowest BCUT2D eigenvalue weighted by atomic mass is 10.2. The van der Waals surface area contributed by atoms with Crippen molar-refractivity contribution in [2.75, 3.05) is 5.01 Å². The van der Waals surface area contributed by atoms with E-state index in [-0.39, 0.29) is 5.91 Å². The van der Waals surface area contributed by atoms with Gasteiger partial charge in [-0.25, -0.2) is 4.98 Å². The van der Waals surface area contributed by atoms with Crippen molar-refractivity contribution >= 4 is 38.3 Å². The second-order valence-electron chi connectivity index (χ2n) is 4.26. The van der Waals surface area contributed by atoms with E-state index in [0.717, 1.165) is 28.8 Å². The van der Waals surface area contributed by atoms with E-state index < -0.39 is 0 Å². The van der Waals surface area contributed by atoms with Gasteiger partial charge < -0.3 is 0 Å². The summed E-state index contributed by atoms with van der Waals surface area (Å²) in [6.07, 6.45) is 2.33. The molecule has 0 bridgehead atoms. The van der Waals surface area contributed by atoms with Crippen molar-refractivity contribution in [1.29, 1.82) is 0 Å². The van der Waals surface area contributed by atoms with Gasteiger partial charge in [0.05, 0.1) is 16.6 Å². The third kappa shape index (κ3) is 1.90. The van der Waals surface area contributed by atoms with Gasteiger partial charge >= 0.3 is 0 Å². The second-order valence-corrected chi connectivity index (χ2v) is 5.27. The van der Waals surface area contributed by atoms with Gasteiger partial charge in [0.2, 0.25) is 5.13 Å². The Morgan fingerprint density at radius 1 is 1.39 bits per heavy atom. The first-order chi connectivity index (χ1) is 8.78. The summed E-state index contributed by atoms with van der Waals surface area (Å²) in [5, 5.41) is 6.50. The molecule has 1 aliphatic rings. The number of nitrogens with zero attached hydrogens (tertiary/aromatic N) is 3. The van der Waals surface area contributed by atoms with Crippen LogP contribution < -0.4 is 5.01 Å². The molecule has 18 heavy (non-hydrogen) atoms. The zero-order chi connectivity index (χ0) is 12.5. The molecule has 5 heteroatoms. The lowest BCUT2D eigenvalue weighted by molar-refractivity contribution is -0.116. The highest BCUT2D eigenvalue weighted by molar-refractivity contribution is 7.22. The van der Waals surface area contributed by atoms with Crippen LogP contribution in [0.3, 0.4) is 0 Å². The maximum Gasteiger partial charge on any atom is 0.255 e. The van der Waals surface area contributed by atoms with Crippen LogP contribution in [0.4, 0.5) is 5.13 Å². The monoisotopic (exact) mass is 259 g/mol. The van der Waals surface area contributed by atoms with Crippen molar-refractivity contribution in [3.63, 3.8) is 0 Å². The summed E-state index contributed by atoms with van der Waals surface area (Å²) in [6.45, 7) is 2.09. The summed E-state index contributed by atoms with van der Waals surface area (Å²) < 4.78 is 1.08. The Morgan fingerprint density at radius 3 is 3.00 bits per heavy atom. The number of hydrazone groups is 1. The largest absolute Gasteiger partial charge is 0.272 e. The van der Waals surface area contributed by atoms with Crippen molar-refractivity contribution in [3.05, 3.63) is 24.3 Å². The Kier molecular flexibility index (Phi) is 2.83. The number of carbonyl (C=O) groups is 1. The van der Waals surface area contributed by atoms with E-state index in [2.05, 4.69) is 17.0 Å². The number of fused-ring (bicyclic) bond motifs is 1. The summed E-state index contributed by atoms with van der Waals surface area (Å²) in [7, 11) is 0. The average Bonchev–Trinajstić information content (AvgIpc) is 2.92. The van der Waals surface area contributed by atoms with E-state index in [1.807, 2.05) is 24.3 Å². The van der Waals surface area contributed by atoms with Crippen LogP contribution in [-0.2, 0) is 4.79 Å². The van der Waals surface area contributed by atoms with Crippen molar-refractivity contribution < 1.29 is 4.79 Å². The SMILES string of the molecule is CCCC1=NN(c2nc3ccccc3s2)C(=O)C1. The Labute approximate surface area is 109 Å². The average molecular weight is 259 g/mol. The Morgan fingerprint density at radius 2 is 2.22 bits per heavy atom. The number of benzene rings is 1. The molecule has 0 radical (unpaired) electrons. The molecule has 0 unspecified atom stereocenters. The quantitative estimate of drug-likeness (QED) is 0.849. The summed E-state index contributed by atoms with van der Waals surface area (Å²) in [5.41, 5.74) is 1.88. The molecule has 0 saturated carbocycles. The molecule has 0 spiro atoms. The zero-order valence-electron chi connectivity index (χ0n) is 10.1. The Bertz CT molecular complexity index is 599. The lowest BCUT2D eigenvalue weighted by Gasteiger charge is -2.05. The van der Waals surface area contributed by atoms with Crippen molar-refractivity contribution in [2.45, 2.75) is 26.2 Å². The number of thiazole rings is 1. The van der Waals surface area contributed by atoms with E-state index in [9.17, 15) is 4.79 Å². The van der Waals surface area contributed by atoms with Crippen LogP contribution >= 0.6 is 11.3 Å². The van der Waals surface area contributed by atoms with Crippen LogP contribution in [0.15, 0.2) is 29.4 Å². The van der Waals surface area contributed by atoms with Gasteiger partial charge in [0.1, 0.15) is 0 Å². The van der Waals surface area contributed by atoms with Gasteiger partial charge in [-0.2, -0.15) is 10.1 Å². The van der Waals surface area contributed by atoms with Gasteiger partial charge in [-0.05, 0) is 18.6 Å². The van der Waals surface area contributed by atoms with Crippen LogP contribution in [0, 0.1) is 0 Å². The first-order valence-electron chi connectivity index (χ1n) is 6.03. The molecule has 4 nitrogen and oxygen atoms in total. The molecular weight excluding hydrogens is 246 g/mol. The summed E-state index contributed by atoms with van der Waals surface area (Å²) in [4.78, 5) is 16.4. The van der Waals surface area contributed by atoms with Crippen molar-refractivity contribution in [1.82, 2.24) is 4.98 Å². The maximum atomic E-state index is 11.9. The number of carbonyl (C=O) groups excluding carboxylic acids is 1. The lowest BCUT2D eigenvalue weighted by Crippen LogP contribution is -2.19. The molecule has 3 rings (SSSR count). The number of hydrogen-bond donors (Lipinski definition) is 0. The summed E-state index contributed by atoms with van der Waals surface area (Å²) >= 11 is 1.51. The maximum absolute atomic E-state index is 11.9. The van der Waals surface area contributed by atoms with Crippen LogP contribution in [0.25, 0.3) is 10.2 Å².